The van der Waals surface area contributed by atoms with Crippen LogP contribution in [0.4, 0.5) is 5.82 Å². The highest BCUT2D eigenvalue weighted by Crippen LogP contribution is 2.27. The number of hydrogen-bond acceptors (Lipinski definition) is 6. The van der Waals surface area contributed by atoms with Crippen molar-refractivity contribution in [3.8, 4) is 0 Å². The first-order chi connectivity index (χ1) is 15.8. The molecule has 0 saturated heterocycles. The first kappa shape index (κ1) is 22.3. The van der Waals surface area contributed by atoms with Gasteiger partial charge in [0.1, 0.15) is 17.2 Å². The van der Waals surface area contributed by atoms with Crippen LogP contribution in [0.5, 0.6) is 0 Å². The van der Waals surface area contributed by atoms with Gasteiger partial charge >= 0.3 is 5.97 Å². The van der Waals surface area contributed by atoms with E-state index < -0.39 is 5.97 Å². The molecule has 0 atom stereocenters. The lowest BCUT2D eigenvalue weighted by Crippen LogP contribution is -2.38. The number of ether oxygens (including phenoxy) is 1. The molecule has 0 aliphatic carbocycles. The predicted molar refractivity (Wildman–Crippen MR) is 123 cm³/mol. The van der Waals surface area contributed by atoms with Crippen molar-refractivity contribution in [2.24, 2.45) is 0 Å². The normalized spacial score (nSPS) is 13.4. The predicted octanol–water partition coefficient (Wildman–Crippen LogP) is 3.61. The van der Waals surface area contributed by atoms with Gasteiger partial charge in [-0.1, -0.05) is 18.2 Å². The number of aryl methyl sites for hydroxylation is 2. The van der Waals surface area contributed by atoms with Crippen LogP contribution in [-0.2, 0) is 32.1 Å². The van der Waals surface area contributed by atoms with Crippen LogP contribution in [-0.4, -0.2) is 41.4 Å². The van der Waals surface area contributed by atoms with E-state index in [4.69, 9.17) is 9.15 Å². The Kier molecular flexibility index (Phi) is 6.26. The van der Waals surface area contributed by atoms with E-state index in [9.17, 15) is 14.4 Å². The molecule has 1 aliphatic rings. The van der Waals surface area contributed by atoms with Crippen molar-refractivity contribution in [1.29, 1.82) is 0 Å². The second-order valence-corrected chi connectivity index (χ2v) is 8.01. The Morgan fingerprint density at radius 1 is 1.27 bits per heavy atom. The average Bonchev–Trinajstić information content (AvgIpc) is 3.11. The van der Waals surface area contributed by atoms with Gasteiger partial charge in [-0.25, -0.2) is 4.98 Å². The number of hydrogen-bond donors (Lipinski definition) is 0. The van der Waals surface area contributed by atoms with Crippen LogP contribution < -0.4 is 4.90 Å². The summed E-state index contributed by atoms with van der Waals surface area (Å²) in [7, 11) is 1.73. The molecule has 3 aromatic rings. The van der Waals surface area contributed by atoms with E-state index in [-0.39, 0.29) is 18.5 Å². The summed E-state index contributed by atoms with van der Waals surface area (Å²) in [5.74, 6) is 0.466. The van der Waals surface area contributed by atoms with Gasteiger partial charge in [0, 0.05) is 43.6 Å². The molecule has 3 heterocycles. The van der Waals surface area contributed by atoms with Crippen LogP contribution >= 0.6 is 0 Å². The first-order valence-electron chi connectivity index (χ1n) is 10.7. The molecule has 1 aliphatic heterocycles. The maximum atomic E-state index is 12.7. The Bertz CT molecular complexity index is 1260. The molecule has 1 aromatic carbocycles. The fraction of sp³-hybridized carbons (Fsp3) is 0.280. The van der Waals surface area contributed by atoms with Crippen LogP contribution in [0.15, 0.2) is 47.0 Å². The highest BCUT2D eigenvalue weighted by atomic mass is 16.5. The number of carbonyl (C=O) groups is 3. The van der Waals surface area contributed by atoms with E-state index in [0.717, 1.165) is 33.4 Å². The molecule has 4 rings (SSSR count). The third-order valence-corrected chi connectivity index (χ3v) is 5.64. The minimum absolute atomic E-state index is 0.141. The van der Waals surface area contributed by atoms with Gasteiger partial charge in [-0.05, 0) is 42.7 Å². The smallest absolute Gasteiger partial charge is 0.304 e. The molecule has 170 valence electrons. The SMILES string of the molecule is CC(=O)OCN1C(=O)CCc2cc(/C=C/C(=O)N(C)Cc3oc4ccccc4c3C)cnc21. The minimum Gasteiger partial charge on any atom is -0.459 e. The Balaban J connectivity index is 1.45. The lowest BCUT2D eigenvalue weighted by molar-refractivity contribution is -0.141. The molecule has 8 nitrogen and oxygen atoms in total. The average molecular weight is 447 g/mol. The molecule has 0 radical (unpaired) electrons. The largest absolute Gasteiger partial charge is 0.459 e. The highest BCUT2D eigenvalue weighted by Gasteiger charge is 2.26. The topological polar surface area (TPSA) is 93.0 Å². The molecule has 0 N–H and O–H groups in total. The molecule has 0 spiro atoms. The summed E-state index contributed by atoms with van der Waals surface area (Å²) in [6, 6.07) is 9.69. The van der Waals surface area contributed by atoms with Crippen molar-refractivity contribution in [3.63, 3.8) is 0 Å². The summed E-state index contributed by atoms with van der Waals surface area (Å²) in [6.45, 7) is 3.48. The second-order valence-electron chi connectivity index (χ2n) is 8.01. The van der Waals surface area contributed by atoms with Gasteiger partial charge in [0.2, 0.25) is 11.8 Å². The van der Waals surface area contributed by atoms with E-state index in [1.165, 1.54) is 17.9 Å². The van der Waals surface area contributed by atoms with Crippen LogP contribution in [0.2, 0.25) is 0 Å². The zero-order valence-electron chi connectivity index (χ0n) is 18.8. The monoisotopic (exact) mass is 447 g/mol. The fourth-order valence-electron chi connectivity index (χ4n) is 3.79. The molecule has 0 fully saturated rings. The van der Waals surface area contributed by atoms with Crippen LogP contribution in [0.25, 0.3) is 17.0 Å². The lowest BCUT2D eigenvalue weighted by Gasteiger charge is -2.27. The summed E-state index contributed by atoms with van der Waals surface area (Å²) in [6.07, 6.45) is 5.63. The van der Waals surface area contributed by atoms with Crippen molar-refractivity contribution in [2.45, 2.75) is 33.2 Å². The van der Waals surface area contributed by atoms with Crippen molar-refractivity contribution in [2.75, 3.05) is 18.7 Å². The number of rotatable bonds is 6. The number of pyridine rings is 1. The van der Waals surface area contributed by atoms with Gasteiger partial charge in [-0.2, -0.15) is 0 Å². The number of nitrogens with zero attached hydrogens (tertiary/aromatic N) is 3. The summed E-state index contributed by atoms with van der Waals surface area (Å²) in [4.78, 5) is 43.3. The molecular formula is C25H25N3O5. The summed E-state index contributed by atoms with van der Waals surface area (Å²) in [5, 5.41) is 1.05. The number of aromatic nitrogens is 1. The Hall–Kier alpha value is -3.94. The number of para-hydroxylation sites is 1. The van der Waals surface area contributed by atoms with Crippen LogP contribution in [0, 0.1) is 6.92 Å². The first-order valence-corrected chi connectivity index (χ1v) is 10.7. The highest BCUT2D eigenvalue weighted by molar-refractivity contribution is 5.96. The quantitative estimate of drug-likeness (QED) is 0.423. The molecule has 0 unspecified atom stereocenters. The van der Waals surface area contributed by atoms with Crippen molar-refractivity contribution < 1.29 is 23.5 Å². The van der Waals surface area contributed by atoms with E-state index in [1.54, 1.807) is 24.2 Å². The van der Waals surface area contributed by atoms with Gasteiger partial charge in [-0.15, -0.1) is 0 Å². The zero-order valence-corrected chi connectivity index (χ0v) is 18.8. The number of fused-ring (bicyclic) bond motifs is 2. The lowest BCUT2D eigenvalue weighted by atomic mass is 10.0. The van der Waals surface area contributed by atoms with Gasteiger partial charge in [0.15, 0.2) is 6.73 Å². The van der Waals surface area contributed by atoms with Crippen molar-refractivity contribution >= 4 is 40.6 Å². The fourth-order valence-corrected chi connectivity index (χ4v) is 3.79. The van der Waals surface area contributed by atoms with Crippen molar-refractivity contribution in [3.05, 3.63) is 65.1 Å². The van der Waals surface area contributed by atoms with Crippen molar-refractivity contribution in [1.82, 2.24) is 9.88 Å². The number of anilines is 1. The Labute approximate surface area is 191 Å². The van der Waals surface area contributed by atoms with Crippen LogP contribution in [0.3, 0.4) is 0 Å². The Morgan fingerprint density at radius 3 is 2.82 bits per heavy atom. The number of amides is 2. The number of carbonyl (C=O) groups excluding carboxylic acids is 3. The molecule has 0 saturated carbocycles. The van der Waals surface area contributed by atoms with Gasteiger partial charge in [0.05, 0.1) is 6.54 Å². The number of benzene rings is 1. The molecule has 33 heavy (non-hydrogen) atoms. The van der Waals surface area contributed by atoms with Gasteiger partial charge in [0.25, 0.3) is 0 Å². The molecular weight excluding hydrogens is 422 g/mol. The Morgan fingerprint density at radius 2 is 2.06 bits per heavy atom. The molecule has 2 amide bonds. The number of likely N-dealkylation sites (N-methyl/N-ethyl adjacent to an activating group) is 1. The number of esters is 1. The second kappa shape index (κ2) is 9.28. The van der Waals surface area contributed by atoms with Crippen LogP contribution in [0.1, 0.15) is 35.8 Å². The number of furan rings is 1. The molecule has 0 bridgehead atoms. The summed E-state index contributed by atoms with van der Waals surface area (Å²) in [5.41, 5.74) is 3.45. The van der Waals surface area contributed by atoms with E-state index in [0.29, 0.717) is 25.2 Å². The van der Waals surface area contributed by atoms with Gasteiger partial charge < -0.3 is 14.1 Å². The summed E-state index contributed by atoms with van der Waals surface area (Å²) < 4.78 is 10.9. The molecule has 2 aromatic heterocycles. The maximum Gasteiger partial charge on any atom is 0.304 e. The third kappa shape index (κ3) is 4.79. The standard InChI is InChI=1S/C25H25N3O5/c1-16-20-6-4-5-7-21(20)33-22(16)14-27(3)23(30)10-8-18-12-19-9-11-24(31)28(15-32-17(2)29)25(19)26-13-18/h4-8,10,12-13H,9,11,14-15H2,1-3H3/b10-8+. The minimum atomic E-state index is -0.463. The van der Waals surface area contributed by atoms with E-state index in [2.05, 4.69) is 4.98 Å². The van der Waals surface area contributed by atoms with Gasteiger partial charge in [-0.3, -0.25) is 19.3 Å². The third-order valence-electron chi connectivity index (χ3n) is 5.64. The summed E-state index contributed by atoms with van der Waals surface area (Å²) >= 11 is 0. The zero-order chi connectivity index (χ0) is 23.5. The molecule has 8 heteroatoms. The van der Waals surface area contributed by atoms with E-state index in [1.807, 2.05) is 37.3 Å². The van der Waals surface area contributed by atoms with E-state index >= 15 is 0 Å². The maximum absolute atomic E-state index is 12.7.